The Hall–Kier alpha value is -1.42. The van der Waals surface area contributed by atoms with E-state index in [-0.39, 0.29) is 6.04 Å². The van der Waals surface area contributed by atoms with Crippen molar-refractivity contribution in [2.24, 2.45) is 11.7 Å². The van der Waals surface area contributed by atoms with Crippen LogP contribution < -0.4 is 19.9 Å². The van der Waals surface area contributed by atoms with Crippen molar-refractivity contribution < 1.29 is 14.2 Å². The lowest BCUT2D eigenvalue weighted by molar-refractivity contribution is 0.245. The summed E-state index contributed by atoms with van der Waals surface area (Å²) in [5.74, 6) is 2.80. The Morgan fingerprint density at radius 2 is 1.58 bits per heavy atom. The van der Waals surface area contributed by atoms with Crippen LogP contribution in [0.25, 0.3) is 0 Å². The average Bonchev–Trinajstić information content (AvgIpc) is 2.98. The summed E-state index contributed by atoms with van der Waals surface area (Å²) in [5.41, 5.74) is 6.18. The summed E-state index contributed by atoms with van der Waals surface area (Å²) in [5, 5.41) is 0. The third kappa shape index (κ3) is 3.77. The fraction of sp³-hybridized carbons (Fsp3) is 0.600. The molecular weight excluding hydrogens is 242 g/mol. The van der Waals surface area contributed by atoms with E-state index in [1.807, 2.05) is 18.2 Å². The van der Waals surface area contributed by atoms with Crippen molar-refractivity contribution in [1.29, 1.82) is 0 Å². The Morgan fingerprint density at radius 1 is 1.05 bits per heavy atom. The van der Waals surface area contributed by atoms with Gasteiger partial charge in [-0.15, -0.1) is 0 Å². The third-order valence-electron chi connectivity index (χ3n) is 3.77. The maximum atomic E-state index is 6.18. The van der Waals surface area contributed by atoms with E-state index in [1.54, 1.807) is 14.2 Å². The highest BCUT2D eigenvalue weighted by atomic mass is 16.5. The third-order valence-corrected chi connectivity index (χ3v) is 3.77. The van der Waals surface area contributed by atoms with E-state index in [0.717, 1.165) is 17.2 Å². The fourth-order valence-electron chi connectivity index (χ4n) is 2.58. The molecule has 2 rings (SSSR count). The van der Waals surface area contributed by atoms with Gasteiger partial charge in [0.15, 0.2) is 0 Å². The lowest BCUT2D eigenvalue weighted by atomic mass is 10.00. The summed E-state index contributed by atoms with van der Waals surface area (Å²) in [6, 6.07) is 5.64. The quantitative estimate of drug-likeness (QED) is 0.859. The van der Waals surface area contributed by atoms with Gasteiger partial charge < -0.3 is 19.9 Å². The van der Waals surface area contributed by atoms with Crippen molar-refractivity contribution >= 4 is 0 Å². The van der Waals surface area contributed by atoms with Crippen molar-refractivity contribution in [2.45, 2.75) is 31.7 Å². The summed E-state index contributed by atoms with van der Waals surface area (Å²) in [7, 11) is 3.26. The summed E-state index contributed by atoms with van der Waals surface area (Å²) in [6.07, 6.45) is 5.05. The monoisotopic (exact) mass is 265 g/mol. The number of hydrogen-bond acceptors (Lipinski definition) is 4. The van der Waals surface area contributed by atoms with E-state index < -0.39 is 0 Å². The molecule has 0 bridgehead atoms. The molecule has 1 atom stereocenters. The van der Waals surface area contributed by atoms with Gasteiger partial charge in [0.25, 0.3) is 0 Å². The maximum Gasteiger partial charge on any atom is 0.126 e. The zero-order chi connectivity index (χ0) is 13.7. The zero-order valence-corrected chi connectivity index (χ0v) is 11.7. The summed E-state index contributed by atoms with van der Waals surface area (Å²) < 4.78 is 16.2. The van der Waals surface area contributed by atoms with Crippen LogP contribution in [0.15, 0.2) is 18.2 Å². The second kappa shape index (κ2) is 6.66. The molecule has 0 heterocycles. The van der Waals surface area contributed by atoms with E-state index in [2.05, 4.69) is 0 Å². The molecule has 0 aromatic heterocycles. The molecule has 0 radical (unpaired) electrons. The Balaban J connectivity index is 1.94. The number of nitrogens with two attached hydrogens (primary N) is 1. The minimum Gasteiger partial charge on any atom is -0.496 e. The summed E-state index contributed by atoms with van der Waals surface area (Å²) >= 11 is 0. The van der Waals surface area contributed by atoms with Gasteiger partial charge in [-0.3, -0.25) is 0 Å². The Bertz CT molecular complexity index is 380. The minimum absolute atomic E-state index is 0.111. The number of hydrogen-bond donors (Lipinski definition) is 1. The predicted octanol–water partition coefficient (Wildman–Crippen LogP) is 2.60. The van der Waals surface area contributed by atoms with Crippen molar-refractivity contribution in [1.82, 2.24) is 0 Å². The Morgan fingerprint density at radius 3 is 2.11 bits per heavy atom. The normalized spacial score (nSPS) is 17.2. The molecule has 1 aromatic carbocycles. The van der Waals surface area contributed by atoms with Gasteiger partial charge in [0.2, 0.25) is 0 Å². The standard InChI is InChI=1S/C15H23NO3/c1-17-12-7-13(18-2)9-14(8-12)19-10-15(16)11-5-3-4-6-11/h7-9,11,15H,3-6,10,16H2,1-2H3. The second-order valence-corrected chi connectivity index (χ2v) is 5.07. The topological polar surface area (TPSA) is 53.7 Å². The van der Waals surface area contributed by atoms with Gasteiger partial charge in [-0.05, 0) is 18.8 Å². The number of benzene rings is 1. The van der Waals surface area contributed by atoms with Gasteiger partial charge in [-0.2, -0.15) is 0 Å². The Labute approximate surface area is 114 Å². The van der Waals surface area contributed by atoms with Crippen molar-refractivity contribution in [3.05, 3.63) is 18.2 Å². The molecule has 106 valence electrons. The van der Waals surface area contributed by atoms with Gasteiger partial charge in [-0.25, -0.2) is 0 Å². The summed E-state index contributed by atoms with van der Waals surface area (Å²) in [4.78, 5) is 0. The molecule has 1 saturated carbocycles. The first kappa shape index (κ1) is 14.0. The molecule has 0 saturated heterocycles. The predicted molar refractivity (Wildman–Crippen MR) is 75.0 cm³/mol. The van der Waals surface area contributed by atoms with E-state index in [1.165, 1.54) is 25.7 Å². The number of ether oxygens (including phenoxy) is 3. The van der Waals surface area contributed by atoms with Gasteiger partial charge >= 0.3 is 0 Å². The van der Waals surface area contributed by atoms with Gasteiger partial charge in [0, 0.05) is 24.2 Å². The zero-order valence-electron chi connectivity index (χ0n) is 11.7. The van der Waals surface area contributed by atoms with Crippen molar-refractivity contribution in [3.63, 3.8) is 0 Å². The van der Waals surface area contributed by atoms with Crippen LogP contribution in [-0.2, 0) is 0 Å². The SMILES string of the molecule is COc1cc(OC)cc(OCC(N)C2CCCC2)c1. The van der Waals surface area contributed by atoms with Crippen LogP contribution >= 0.6 is 0 Å². The maximum absolute atomic E-state index is 6.18. The number of methoxy groups -OCH3 is 2. The smallest absolute Gasteiger partial charge is 0.126 e. The van der Waals surface area contributed by atoms with Gasteiger partial charge in [0.1, 0.15) is 23.9 Å². The first-order chi connectivity index (χ1) is 9.22. The molecule has 1 fully saturated rings. The number of rotatable bonds is 6. The fourth-order valence-corrected chi connectivity index (χ4v) is 2.58. The van der Waals surface area contributed by atoms with E-state index >= 15 is 0 Å². The van der Waals surface area contributed by atoms with Gasteiger partial charge in [0.05, 0.1) is 14.2 Å². The molecular formula is C15H23NO3. The van der Waals surface area contributed by atoms with Crippen LogP contribution in [0.1, 0.15) is 25.7 Å². The molecule has 0 aliphatic heterocycles. The van der Waals surface area contributed by atoms with Crippen LogP contribution in [0.4, 0.5) is 0 Å². The van der Waals surface area contributed by atoms with E-state index in [0.29, 0.717) is 12.5 Å². The van der Waals surface area contributed by atoms with E-state index in [4.69, 9.17) is 19.9 Å². The molecule has 0 spiro atoms. The van der Waals surface area contributed by atoms with Crippen molar-refractivity contribution in [3.8, 4) is 17.2 Å². The lowest BCUT2D eigenvalue weighted by Gasteiger charge is -2.19. The van der Waals surface area contributed by atoms with Crippen LogP contribution in [-0.4, -0.2) is 26.9 Å². The Kier molecular flexibility index (Phi) is 4.91. The lowest BCUT2D eigenvalue weighted by Crippen LogP contribution is -2.34. The largest absolute Gasteiger partial charge is 0.496 e. The van der Waals surface area contributed by atoms with Gasteiger partial charge in [-0.1, -0.05) is 12.8 Å². The van der Waals surface area contributed by atoms with Crippen LogP contribution in [0.3, 0.4) is 0 Å². The van der Waals surface area contributed by atoms with E-state index in [9.17, 15) is 0 Å². The second-order valence-electron chi connectivity index (χ2n) is 5.07. The van der Waals surface area contributed by atoms with Crippen LogP contribution in [0.2, 0.25) is 0 Å². The molecule has 19 heavy (non-hydrogen) atoms. The van der Waals surface area contributed by atoms with Crippen LogP contribution in [0, 0.1) is 5.92 Å². The molecule has 4 nitrogen and oxygen atoms in total. The molecule has 2 N–H and O–H groups in total. The first-order valence-electron chi connectivity index (χ1n) is 6.84. The molecule has 4 heteroatoms. The average molecular weight is 265 g/mol. The van der Waals surface area contributed by atoms with Crippen LogP contribution in [0.5, 0.6) is 17.2 Å². The van der Waals surface area contributed by atoms with Crippen molar-refractivity contribution in [2.75, 3.05) is 20.8 Å². The molecule has 1 unspecified atom stereocenters. The molecule has 1 aliphatic rings. The molecule has 0 amide bonds. The first-order valence-corrected chi connectivity index (χ1v) is 6.84. The molecule has 1 aromatic rings. The summed E-state index contributed by atoms with van der Waals surface area (Å²) in [6.45, 7) is 0.543. The molecule has 1 aliphatic carbocycles. The minimum atomic E-state index is 0.111. The highest BCUT2D eigenvalue weighted by molar-refractivity contribution is 5.42. The highest BCUT2D eigenvalue weighted by Crippen LogP contribution is 2.29. The highest BCUT2D eigenvalue weighted by Gasteiger charge is 2.22.